The second-order valence-electron chi connectivity index (χ2n) is 8.80. The van der Waals surface area contributed by atoms with Crippen LogP contribution in [0.4, 0.5) is 0 Å². The summed E-state index contributed by atoms with van der Waals surface area (Å²) in [5.41, 5.74) is 13.8. The number of allylic oxidation sites excluding steroid dienone is 4. The Hall–Kier alpha value is -3.54. The highest BCUT2D eigenvalue weighted by Crippen LogP contribution is 2.40. The number of nitrogens with two attached hydrogens (primary N) is 1. The van der Waals surface area contributed by atoms with Crippen molar-refractivity contribution in [2.24, 2.45) is 16.6 Å². The zero-order valence-electron chi connectivity index (χ0n) is 17.2. The topological polar surface area (TPSA) is 99.1 Å². The summed E-state index contributed by atoms with van der Waals surface area (Å²) in [7, 11) is 0. The Kier molecular flexibility index (Phi) is 4.13. The fourth-order valence-electron chi connectivity index (χ4n) is 5.17. The number of H-pyrrole nitrogens is 2. The molecule has 0 spiro atoms. The van der Waals surface area contributed by atoms with Crippen LogP contribution in [0, 0.1) is 5.92 Å². The van der Waals surface area contributed by atoms with Crippen LogP contribution in [0.1, 0.15) is 43.5 Å². The maximum Gasteiger partial charge on any atom is 0.217 e. The summed E-state index contributed by atoms with van der Waals surface area (Å²) in [6.07, 6.45) is 12.8. The standard InChI is InChI=1S/C25H25N5O/c26-23(31)8-2-15-10-21-13-19-6-4-17(28-19)11-16-3-5-18(27-16)12-20-9-14-1-7-22(24(14)29-20)25(15)30-21/h3-6,9,11-13,15,20,27-28,30H,1-2,7-8,10H2,(H2,26,31). The SMILES string of the molecule is NC(=O)CCC1CC2=Cc3ccc([nH]3)C=c3ccc([nH]3)=CC3C=C4CCC(=C1N2)C4=N3. The summed E-state index contributed by atoms with van der Waals surface area (Å²) in [6, 6.07) is 8.44. The third kappa shape index (κ3) is 3.38. The number of hydrogen-bond acceptors (Lipinski definition) is 3. The van der Waals surface area contributed by atoms with Crippen LogP contribution in [0.5, 0.6) is 0 Å². The quantitative estimate of drug-likeness (QED) is 0.621. The molecule has 0 aromatic carbocycles. The van der Waals surface area contributed by atoms with E-state index < -0.39 is 0 Å². The molecule has 6 heteroatoms. The van der Waals surface area contributed by atoms with Crippen LogP contribution >= 0.6 is 0 Å². The van der Waals surface area contributed by atoms with Gasteiger partial charge in [-0.15, -0.1) is 0 Å². The number of hydrogen-bond donors (Lipinski definition) is 4. The van der Waals surface area contributed by atoms with E-state index in [2.05, 4.69) is 63.9 Å². The van der Waals surface area contributed by atoms with Crippen LogP contribution in [0.15, 0.2) is 57.9 Å². The number of rotatable bonds is 3. The molecule has 2 unspecified atom stereocenters. The number of nitrogens with zero attached hydrogens (tertiary/aromatic N) is 1. The van der Waals surface area contributed by atoms with Crippen molar-refractivity contribution in [1.29, 1.82) is 0 Å². The number of nitrogens with one attached hydrogen (secondary N) is 3. The highest BCUT2D eigenvalue weighted by atomic mass is 16.1. The number of amides is 1. The van der Waals surface area contributed by atoms with E-state index in [9.17, 15) is 4.79 Å². The van der Waals surface area contributed by atoms with Crippen molar-refractivity contribution >= 4 is 29.8 Å². The first kappa shape index (κ1) is 18.2. The Labute approximate surface area is 180 Å². The van der Waals surface area contributed by atoms with Gasteiger partial charge in [0.2, 0.25) is 5.91 Å². The molecule has 2 fully saturated rings. The van der Waals surface area contributed by atoms with Crippen LogP contribution < -0.4 is 21.7 Å². The van der Waals surface area contributed by atoms with Gasteiger partial charge in [-0.2, -0.15) is 0 Å². The molecule has 1 saturated carbocycles. The molecule has 3 aliphatic heterocycles. The Morgan fingerprint density at radius 1 is 1.03 bits per heavy atom. The summed E-state index contributed by atoms with van der Waals surface area (Å²) < 4.78 is 0. The molecular weight excluding hydrogens is 386 g/mol. The van der Waals surface area contributed by atoms with Gasteiger partial charge in [0.25, 0.3) is 0 Å². The Balaban J connectivity index is 1.50. The van der Waals surface area contributed by atoms with E-state index >= 15 is 0 Å². The number of aromatic nitrogens is 2. The molecule has 5 N–H and O–H groups in total. The van der Waals surface area contributed by atoms with Gasteiger partial charge in [0.05, 0.1) is 11.8 Å². The number of aromatic amines is 2. The summed E-state index contributed by atoms with van der Waals surface area (Å²) in [6.45, 7) is 0. The van der Waals surface area contributed by atoms with E-state index in [1.165, 1.54) is 22.5 Å². The lowest BCUT2D eigenvalue weighted by molar-refractivity contribution is -0.118. The lowest BCUT2D eigenvalue weighted by Gasteiger charge is -2.13. The lowest BCUT2D eigenvalue weighted by Crippen LogP contribution is -2.16. The zero-order valence-corrected chi connectivity index (χ0v) is 17.2. The first-order chi connectivity index (χ1) is 15.1. The van der Waals surface area contributed by atoms with Gasteiger partial charge in [-0.1, -0.05) is 6.08 Å². The van der Waals surface area contributed by atoms with Gasteiger partial charge in [0.15, 0.2) is 0 Å². The smallest absolute Gasteiger partial charge is 0.217 e. The number of fused-ring (bicyclic) bond motifs is 7. The summed E-state index contributed by atoms with van der Waals surface area (Å²) in [5.74, 6) is 0.0239. The van der Waals surface area contributed by atoms with Crippen LogP contribution in [-0.4, -0.2) is 27.6 Å². The highest BCUT2D eigenvalue weighted by molar-refractivity contribution is 6.17. The highest BCUT2D eigenvalue weighted by Gasteiger charge is 2.34. The molecule has 6 nitrogen and oxygen atoms in total. The first-order valence-electron chi connectivity index (χ1n) is 11.0. The normalized spacial score (nSPS) is 23.5. The van der Waals surface area contributed by atoms with Gasteiger partial charge >= 0.3 is 0 Å². The molecule has 2 aromatic rings. The molecule has 156 valence electrons. The molecule has 8 bridgehead atoms. The molecule has 0 radical (unpaired) electrons. The average Bonchev–Trinajstić information content (AvgIpc) is 3.51. The van der Waals surface area contributed by atoms with Crippen molar-refractivity contribution in [3.8, 4) is 0 Å². The predicted octanol–water partition coefficient (Wildman–Crippen LogP) is 1.98. The largest absolute Gasteiger partial charge is 0.370 e. The van der Waals surface area contributed by atoms with E-state index in [1.54, 1.807) is 0 Å². The van der Waals surface area contributed by atoms with Crippen molar-refractivity contribution in [3.05, 3.63) is 75.0 Å². The molecular formula is C25H25N5O. The third-order valence-electron chi connectivity index (χ3n) is 6.57. The van der Waals surface area contributed by atoms with Crippen molar-refractivity contribution in [2.75, 3.05) is 0 Å². The van der Waals surface area contributed by atoms with E-state index in [0.29, 0.717) is 6.42 Å². The second-order valence-corrected chi connectivity index (χ2v) is 8.80. The van der Waals surface area contributed by atoms with Gasteiger partial charge in [0, 0.05) is 45.8 Å². The number of aliphatic imine (C=N–C) groups is 1. The fraction of sp³-hybridized carbons (Fsp3) is 0.280. The molecule has 1 aliphatic carbocycles. The van der Waals surface area contributed by atoms with Gasteiger partial charge in [-0.05, 0) is 79.3 Å². The Bertz CT molecular complexity index is 1330. The van der Waals surface area contributed by atoms with E-state index in [0.717, 1.165) is 53.5 Å². The van der Waals surface area contributed by atoms with Crippen LogP contribution in [0.3, 0.4) is 0 Å². The fourth-order valence-corrected chi connectivity index (χ4v) is 5.17. The Morgan fingerprint density at radius 3 is 2.74 bits per heavy atom. The molecule has 1 saturated heterocycles. The molecule has 6 rings (SSSR count). The molecule has 2 atom stereocenters. The predicted molar refractivity (Wildman–Crippen MR) is 122 cm³/mol. The van der Waals surface area contributed by atoms with Gasteiger partial charge in [-0.25, -0.2) is 0 Å². The Morgan fingerprint density at radius 2 is 1.87 bits per heavy atom. The number of primary amides is 1. The minimum Gasteiger partial charge on any atom is -0.370 e. The van der Waals surface area contributed by atoms with Crippen molar-refractivity contribution in [3.63, 3.8) is 0 Å². The lowest BCUT2D eigenvalue weighted by atomic mass is 9.94. The number of carbonyl (C=O) groups is 1. The monoisotopic (exact) mass is 411 g/mol. The second kappa shape index (κ2) is 7.01. The van der Waals surface area contributed by atoms with Gasteiger partial charge < -0.3 is 21.0 Å². The maximum absolute atomic E-state index is 11.5. The summed E-state index contributed by atoms with van der Waals surface area (Å²) in [4.78, 5) is 23.5. The van der Waals surface area contributed by atoms with Gasteiger partial charge in [0.1, 0.15) is 0 Å². The van der Waals surface area contributed by atoms with Crippen LogP contribution in [0.2, 0.25) is 0 Å². The van der Waals surface area contributed by atoms with E-state index in [1.807, 2.05) is 0 Å². The van der Waals surface area contributed by atoms with E-state index in [-0.39, 0.29) is 17.9 Å². The average molecular weight is 412 g/mol. The minimum absolute atomic E-state index is 0.0536. The summed E-state index contributed by atoms with van der Waals surface area (Å²) >= 11 is 0. The van der Waals surface area contributed by atoms with Crippen molar-refractivity contribution in [1.82, 2.24) is 15.3 Å². The molecule has 1 amide bonds. The third-order valence-corrected chi connectivity index (χ3v) is 6.57. The number of carbonyl (C=O) groups excluding carboxylic acids is 1. The van der Waals surface area contributed by atoms with Crippen molar-refractivity contribution in [2.45, 2.75) is 38.1 Å². The zero-order chi connectivity index (χ0) is 20.9. The molecule has 4 aliphatic rings. The van der Waals surface area contributed by atoms with E-state index in [4.69, 9.17) is 10.7 Å². The molecule has 5 heterocycles. The van der Waals surface area contributed by atoms with Crippen LogP contribution in [0.25, 0.3) is 18.2 Å². The molecule has 2 aromatic heterocycles. The van der Waals surface area contributed by atoms with Crippen LogP contribution in [-0.2, 0) is 4.79 Å². The maximum atomic E-state index is 11.5. The molecule has 31 heavy (non-hydrogen) atoms. The minimum atomic E-state index is -0.241. The van der Waals surface area contributed by atoms with Gasteiger partial charge in [-0.3, -0.25) is 9.79 Å². The van der Waals surface area contributed by atoms with Crippen molar-refractivity contribution < 1.29 is 4.79 Å². The first-order valence-corrected chi connectivity index (χ1v) is 11.0. The summed E-state index contributed by atoms with van der Waals surface area (Å²) in [5, 5.41) is 5.83.